The maximum absolute atomic E-state index is 6.24. The van der Waals surface area contributed by atoms with Crippen molar-refractivity contribution >= 4 is 35.0 Å². The van der Waals surface area contributed by atoms with Crippen LogP contribution in [0.4, 0.5) is 0 Å². The molecule has 0 bridgehead atoms. The van der Waals surface area contributed by atoms with Crippen LogP contribution in [0.15, 0.2) is 59.8 Å². The number of aromatic nitrogens is 2. The van der Waals surface area contributed by atoms with E-state index in [1.807, 2.05) is 55.5 Å². The van der Waals surface area contributed by atoms with Crippen molar-refractivity contribution in [2.75, 3.05) is 6.61 Å². The lowest BCUT2D eigenvalue weighted by atomic mass is 10.1. The molecule has 6 heteroatoms. The van der Waals surface area contributed by atoms with Crippen LogP contribution in [0.1, 0.15) is 12.5 Å². The molecule has 0 aliphatic carbocycles. The second kappa shape index (κ2) is 8.56. The lowest BCUT2D eigenvalue weighted by Gasteiger charge is -2.09. The van der Waals surface area contributed by atoms with Gasteiger partial charge in [0.2, 0.25) is 5.88 Å². The van der Waals surface area contributed by atoms with Gasteiger partial charge in [-0.2, -0.15) is 4.98 Å². The first kappa shape index (κ1) is 18.1. The predicted molar refractivity (Wildman–Crippen MR) is 105 cm³/mol. The second-order valence-electron chi connectivity index (χ2n) is 5.20. The Morgan fingerprint density at radius 2 is 1.80 bits per heavy atom. The number of rotatable bonds is 6. The van der Waals surface area contributed by atoms with Crippen molar-refractivity contribution in [2.24, 2.45) is 0 Å². The molecule has 0 unspecified atom stereocenters. The van der Waals surface area contributed by atoms with Crippen molar-refractivity contribution in [3.63, 3.8) is 0 Å². The molecule has 0 fully saturated rings. The Morgan fingerprint density at radius 1 is 1.00 bits per heavy atom. The topological polar surface area (TPSA) is 35.0 Å². The Balaban J connectivity index is 1.86. The molecule has 3 rings (SSSR count). The van der Waals surface area contributed by atoms with Crippen molar-refractivity contribution in [2.45, 2.75) is 17.8 Å². The van der Waals surface area contributed by atoms with E-state index in [1.165, 1.54) is 11.8 Å². The lowest BCUT2D eigenvalue weighted by molar-refractivity contribution is 0.323. The zero-order valence-corrected chi connectivity index (χ0v) is 15.9. The molecule has 3 aromatic rings. The van der Waals surface area contributed by atoms with E-state index in [9.17, 15) is 0 Å². The molecule has 0 spiro atoms. The fourth-order valence-electron chi connectivity index (χ4n) is 2.23. The third-order valence-corrected chi connectivity index (χ3v) is 4.90. The minimum absolute atomic E-state index is 0.554. The summed E-state index contributed by atoms with van der Waals surface area (Å²) in [5, 5.41) is 1.92. The van der Waals surface area contributed by atoms with Gasteiger partial charge in [-0.05, 0) is 24.6 Å². The van der Waals surface area contributed by atoms with Gasteiger partial charge < -0.3 is 4.74 Å². The third kappa shape index (κ3) is 4.88. The molecule has 0 radical (unpaired) electrons. The summed E-state index contributed by atoms with van der Waals surface area (Å²) < 4.78 is 5.59. The molecule has 3 nitrogen and oxygen atoms in total. The van der Waals surface area contributed by atoms with Crippen molar-refractivity contribution < 1.29 is 4.74 Å². The van der Waals surface area contributed by atoms with Crippen LogP contribution < -0.4 is 4.74 Å². The first-order chi connectivity index (χ1) is 12.2. The number of ether oxygens (including phenoxy) is 1. The monoisotopic (exact) mass is 390 g/mol. The van der Waals surface area contributed by atoms with Gasteiger partial charge in [0, 0.05) is 27.4 Å². The molecule has 0 aliphatic heterocycles. The average molecular weight is 391 g/mol. The van der Waals surface area contributed by atoms with Crippen molar-refractivity contribution in [1.82, 2.24) is 9.97 Å². The Bertz CT molecular complexity index is 859. The van der Waals surface area contributed by atoms with Gasteiger partial charge in [-0.25, -0.2) is 4.98 Å². The highest BCUT2D eigenvalue weighted by atomic mass is 35.5. The number of nitrogens with zero attached hydrogens (tertiary/aromatic N) is 2. The zero-order valence-electron chi connectivity index (χ0n) is 13.6. The van der Waals surface area contributed by atoms with Gasteiger partial charge in [0.15, 0.2) is 5.16 Å². The van der Waals surface area contributed by atoms with E-state index in [2.05, 4.69) is 9.97 Å². The molecular formula is C19H16Cl2N2OS. The van der Waals surface area contributed by atoms with Gasteiger partial charge >= 0.3 is 0 Å². The van der Waals surface area contributed by atoms with Crippen LogP contribution in [0.3, 0.4) is 0 Å². The van der Waals surface area contributed by atoms with Crippen molar-refractivity contribution in [3.8, 4) is 17.1 Å². The average Bonchev–Trinajstić information content (AvgIpc) is 2.62. The highest BCUT2D eigenvalue weighted by molar-refractivity contribution is 7.98. The normalized spacial score (nSPS) is 10.7. The fourth-order valence-corrected chi connectivity index (χ4v) is 3.64. The molecule has 0 saturated heterocycles. The van der Waals surface area contributed by atoms with E-state index >= 15 is 0 Å². The maximum atomic E-state index is 6.24. The largest absolute Gasteiger partial charge is 0.478 e. The fraction of sp³-hybridized carbons (Fsp3) is 0.158. The zero-order chi connectivity index (χ0) is 17.6. The summed E-state index contributed by atoms with van der Waals surface area (Å²) in [6, 6.07) is 17.3. The summed E-state index contributed by atoms with van der Waals surface area (Å²) in [5.74, 6) is 1.22. The van der Waals surface area contributed by atoms with Crippen LogP contribution >= 0.6 is 35.0 Å². The first-order valence-electron chi connectivity index (χ1n) is 7.79. The van der Waals surface area contributed by atoms with Crippen LogP contribution in [-0.2, 0) is 5.75 Å². The van der Waals surface area contributed by atoms with E-state index in [0.717, 1.165) is 16.8 Å². The van der Waals surface area contributed by atoms with Crippen LogP contribution in [-0.4, -0.2) is 16.6 Å². The first-order valence-corrected chi connectivity index (χ1v) is 9.54. The van der Waals surface area contributed by atoms with E-state index in [1.54, 1.807) is 6.07 Å². The van der Waals surface area contributed by atoms with Crippen molar-refractivity contribution in [1.29, 1.82) is 0 Å². The van der Waals surface area contributed by atoms with Crippen LogP contribution in [0.25, 0.3) is 11.3 Å². The lowest BCUT2D eigenvalue weighted by Crippen LogP contribution is -1.99. The van der Waals surface area contributed by atoms with Crippen LogP contribution in [0, 0.1) is 0 Å². The molecule has 1 heterocycles. The maximum Gasteiger partial charge on any atom is 0.217 e. The molecule has 0 amide bonds. The molecule has 0 aliphatic rings. The molecule has 25 heavy (non-hydrogen) atoms. The molecule has 0 N–H and O–H groups in total. The van der Waals surface area contributed by atoms with Gasteiger partial charge in [-0.15, -0.1) is 0 Å². The summed E-state index contributed by atoms with van der Waals surface area (Å²) in [7, 11) is 0. The van der Waals surface area contributed by atoms with Gasteiger partial charge in [0.25, 0.3) is 0 Å². The van der Waals surface area contributed by atoms with E-state index in [4.69, 9.17) is 27.9 Å². The standard InChI is InChI=1S/C19H16Cl2N2OS/c1-2-24-18-11-17(13-6-4-3-5-7-13)22-19(23-18)25-12-14-8-9-15(20)10-16(14)21/h3-11H,2,12H2,1H3. The third-order valence-electron chi connectivity index (χ3n) is 3.42. The molecular weight excluding hydrogens is 375 g/mol. The second-order valence-corrected chi connectivity index (χ2v) is 6.98. The Hall–Kier alpha value is -1.75. The Kier molecular flexibility index (Phi) is 6.19. The highest BCUT2D eigenvalue weighted by Gasteiger charge is 2.10. The molecule has 0 atom stereocenters. The smallest absolute Gasteiger partial charge is 0.217 e. The highest BCUT2D eigenvalue weighted by Crippen LogP contribution is 2.29. The number of hydrogen-bond acceptors (Lipinski definition) is 4. The minimum atomic E-state index is 0.554. The SMILES string of the molecule is CCOc1cc(-c2ccccc2)nc(SCc2ccc(Cl)cc2Cl)n1. The minimum Gasteiger partial charge on any atom is -0.478 e. The summed E-state index contributed by atoms with van der Waals surface area (Å²) in [5.41, 5.74) is 2.85. The molecule has 1 aromatic heterocycles. The summed E-state index contributed by atoms with van der Waals surface area (Å²) >= 11 is 13.7. The van der Waals surface area contributed by atoms with Crippen LogP contribution in [0.5, 0.6) is 5.88 Å². The molecule has 128 valence electrons. The van der Waals surface area contributed by atoms with Crippen molar-refractivity contribution in [3.05, 3.63) is 70.2 Å². The van der Waals surface area contributed by atoms with E-state index in [0.29, 0.717) is 33.4 Å². The molecule has 2 aromatic carbocycles. The number of thioether (sulfide) groups is 1. The summed E-state index contributed by atoms with van der Waals surface area (Å²) in [6.07, 6.45) is 0. The number of benzene rings is 2. The van der Waals surface area contributed by atoms with E-state index in [-0.39, 0.29) is 0 Å². The van der Waals surface area contributed by atoms with Gasteiger partial charge in [0.1, 0.15) is 0 Å². The quantitative estimate of drug-likeness (QED) is 0.373. The van der Waals surface area contributed by atoms with E-state index < -0.39 is 0 Å². The van der Waals surface area contributed by atoms with Gasteiger partial charge in [0.05, 0.1) is 12.3 Å². The van der Waals surface area contributed by atoms with Gasteiger partial charge in [-0.1, -0.05) is 71.4 Å². The number of hydrogen-bond donors (Lipinski definition) is 0. The summed E-state index contributed by atoms with van der Waals surface area (Å²) in [6.45, 7) is 2.49. The van der Waals surface area contributed by atoms with Crippen LogP contribution in [0.2, 0.25) is 10.0 Å². The van der Waals surface area contributed by atoms with Gasteiger partial charge in [-0.3, -0.25) is 0 Å². The number of halogens is 2. The predicted octanol–water partition coefficient (Wildman–Crippen LogP) is 6.14. The Labute approximate surface area is 161 Å². The summed E-state index contributed by atoms with van der Waals surface area (Å²) in [4.78, 5) is 9.12. The Morgan fingerprint density at radius 3 is 2.52 bits per heavy atom. The molecule has 0 saturated carbocycles.